The predicted molar refractivity (Wildman–Crippen MR) is 145 cm³/mol. The minimum atomic E-state index is -0.641. The number of methoxy groups -OCH3 is 2. The van der Waals surface area contributed by atoms with Crippen LogP contribution >= 0.6 is 23.4 Å². The molecule has 0 bridgehead atoms. The summed E-state index contributed by atoms with van der Waals surface area (Å²) in [5.74, 6) is 0.872. The Hall–Kier alpha value is -3.49. The molecule has 0 aromatic heterocycles. The minimum absolute atomic E-state index is 0.0584. The van der Waals surface area contributed by atoms with E-state index in [1.54, 1.807) is 49.5 Å². The van der Waals surface area contributed by atoms with Gasteiger partial charge in [-0.05, 0) is 54.4 Å². The molecule has 4 rings (SSSR count). The number of nitrogens with one attached hydrogen (secondary N) is 1. The lowest BCUT2D eigenvalue weighted by molar-refractivity contribution is -0.129. The molecule has 9 heteroatoms. The number of ether oxygens (including phenoxy) is 2. The highest BCUT2D eigenvalue weighted by atomic mass is 35.5. The number of amides is 2. The van der Waals surface area contributed by atoms with Crippen LogP contribution in [0.5, 0.6) is 11.5 Å². The lowest BCUT2D eigenvalue weighted by Gasteiger charge is -2.32. The Morgan fingerprint density at radius 2 is 1.86 bits per heavy atom. The van der Waals surface area contributed by atoms with E-state index < -0.39 is 5.25 Å². The molecule has 1 unspecified atom stereocenters. The minimum Gasteiger partial charge on any atom is -0.497 e. The van der Waals surface area contributed by atoms with Crippen molar-refractivity contribution in [2.75, 3.05) is 26.1 Å². The predicted octanol–water partition coefficient (Wildman–Crippen LogP) is 5.56. The largest absolute Gasteiger partial charge is 0.497 e. The lowest BCUT2D eigenvalue weighted by atomic mass is 10.1. The number of thioether (sulfide) groups is 1. The van der Waals surface area contributed by atoms with Gasteiger partial charge < -0.3 is 14.8 Å². The Morgan fingerprint density at radius 3 is 2.58 bits per heavy atom. The Kier molecular flexibility index (Phi) is 8.51. The molecule has 1 fully saturated rings. The van der Waals surface area contributed by atoms with E-state index in [2.05, 4.69) is 5.32 Å². The molecule has 2 amide bonds. The topological polar surface area (TPSA) is 80.2 Å². The molecule has 1 N–H and O–H groups in total. The maximum atomic E-state index is 13.3. The van der Waals surface area contributed by atoms with E-state index in [9.17, 15) is 9.59 Å². The molecule has 1 heterocycles. The second-order valence-electron chi connectivity index (χ2n) is 8.02. The molecular formula is C27H26ClN3O4S. The van der Waals surface area contributed by atoms with Gasteiger partial charge in [-0.3, -0.25) is 14.5 Å². The monoisotopic (exact) mass is 523 g/mol. The number of rotatable bonds is 8. The molecule has 186 valence electrons. The van der Waals surface area contributed by atoms with E-state index in [0.29, 0.717) is 40.3 Å². The highest BCUT2D eigenvalue weighted by molar-refractivity contribution is 8.15. The van der Waals surface area contributed by atoms with Gasteiger partial charge >= 0.3 is 0 Å². The highest BCUT2D eigenvalue weighted by Gasteiger charge is 2.36. The molecule has 0 saturated carbocycles. The normalized spacial score (nSPS) is 16.6. The van der Waals surface area contributed by atoms with E-state index >= 15 is 0 Å². The summed E-state index contributed by atoms with van der Waals surface area (Å²) < 4.78 is 10.6. The van der Waals surface area contributed by atoms with Crippen LogP contribution in [0.2, 0.25) is 5.02 Å². The van der Waals surface area contributed by atoms with Crippen LogP contribution in [0.3, 0.4) is 0 Å². The van der Waals surface area contributed by atoms with Crippen molar-refractivity contribution in [2.45, 2.75) is 18.1 Å². The number of halogens is 1. The maximum absolute atomic E-state index is 13.3. The SMILES string of the molecule is COc1ccc(CCN2C(=O)CC(C(=O)Nc3ccccc3OC)SC2=Nc2cccc(Cl)c2)cc1. The van der Waals surface area contributed by atoms with Gasteiger partial charge in [0.15, 0.2) is 5.17 Å². The van der Waals surface area contributed by atoms with E-state index in [-0.39, 0.29) is 18.2 Å². The fourth-order valence-corrected chi connectivity index (χ4v) is 5.02. The van der Waals surface area contributed by atoms with Gasteiger partial charge in [0.1, 0.15) is 16.7 Å². The van der Waals surface area contributed by atoms with E-state index in [1.165, 1.54) is 11.8 Å². The average Bonchev–Trinajstić information content (AvgIpc) is 2.88. The second kappa shape index (κ2) is 12.0. The number of carbonyl (C=O) groups is 2. The van der Waals surface area contributed by atoms with Crippen LogP contribution in [0.1, 0.15) is 12.0 Å². The summed E-state index contributed by atoms with van der Waals surface area (Å²) in [4.78, 5) is 32.7. The summed E-state index contributed by atoms with van der Waals surface area (Å²) in [6, 6.07) is 22.0. The molecule has 1 atom stereocenters. The van der Waals surface area contributed by atoms with Crippen LogP contribution in [0.25, 0.3) is 0 Å². The lowest BCUT2D eigenvalue weighted by Crippen LogP contribution is -2.46. The fraction of sp³-hybridized carbons (Fsp3) is 0.222. The van der Waals surface area contributed by atoms with E-state index in [1.807, 2.05) is 42.5 Å². The summed E-state index contributed by atoms with van der Waals surface area (Å²) in [5, 5.41) is 3.25. The van der Waals surface area contributed by atoms with Crippen molar-refractivity contribution >= 4 is 51.7 Å². The molecular weight excluding hydrogens is 498 g/mol. The van der Waals surface area contributed by atoms with Crippen molar-refractivity contribution in [3.63, 3.8) is 0 Å². The van der Waals surface area contributed by atoms with Crippen LogP contribution in [0.15, 0.2) is 77.8 Å². The highest BCUT2D eigenvalue weighted by Crippen LogP contribution is 2.32. The van der Waals surface area contributed by atoms with E-state index in [0.717, 1.165) is 11.3 Å². The number of amidine groups is 1. The fourth-order valence-electron chi connectivity index (χ4n) is 3.71. The molecule has 7 nitrogen and oxygen atoms in total. The number of para-hydroxylation sites is 2. The van der Waals surface area contributed by atoms with Crippen molar-refractivity contribution in [3.05, 3.63) is 83.4 Å². The molecule has 3 aromatic carbocycles. The molecule has 36 heavy (non-hydrogen) atoms. The zero-order valence-corrected chi connectivity index (χ0v) is 21.5. The third-order valence-electron chi connectivity index (χ3n) is 5.61. The van der Waals surface area contributed by atoms with Crippen molar-refractivity contribution in [3.8, 4) is 11.5 Å². The van der Waals surface area contributed by atoms with Crippen molar-refractivity contribution in [1.29, 1.82) is 0 Å². The number of nitrogens with zero attached hydrogens (tertiary/aromatic N) is 2. The quantitative estimate of drug-likeness (QED) is 0.418. The smallest absolute Gasteiger partial charge is 0.238 e. The van der Waals surface area contributed by atoms with Gasteiger partial charge in [-0.1, -0.05) is 53.7 Å². The first-order valence-corrected chi connectivity index (χ1v) is 12.6. The third-order valence-corrected chi connectivity index (χ3v) is 7.04. The first-order valence-electron chi connectivity index (χ1n) is 11.3. The number of benzene rings is 3. The van der Waals surface area contributed by atoms with Gasteiger partial charge in [0.05, 0.1) is 25.6 Å². The number of carbonyl (C=O) groups excluding carboxylic acids is 2. The number of aliphatic imine (C=N–C) groups is 1. The Labute approximate surface area is 219 Å². The Bertz CT molecular complexity index is 1270. The van der Waals surface area contributed by atoms with Crippen LogP contribution in [0.4, 0.5) is 11.4 Å². The number of hydrogen-bond donors (Lipinski definition) is 1. The standard InChI is InChI=1S/C27H26ClN3O4S/c1-34-21-12-10-18(11-13-21)14-15-31-25(32)17-24(26(33)30-22-8-3-4-9-23(22)35-2)36-27(31)29-20-7-5-6-19(28)16-20/h3-13,16,24H,14-15,17H2,1-2H3,(H,30,33). The molecule has 1 saturated heterocycles. The number of hydrogen-bond acceptors (Lipinski definition) is 6. The van der Waals surface area contributed by atoms with Crippen molar-refractivity contribution in [2.24, 2.45) is 4.99 Å². The maximum Gasteiger partial charge on any atom is 0.238 e. The van der Waals surface area contributed by atoms with Crippen LogP contribution < -0.4 is 14.8 Å². The second-order valence-corrected chi connectivity index (χ2v) is 9.62. The number of anilines is 1. The van der Waals surface area contributed by atoms with Gasteiger partial charge in [-0.25, -0.2) is 4.99 Å². The third kappa shape index (κ3) is 6.38. The van der Waals surface area contributed by atoms with Crippen molar-refractivity contribution < 1.29 is 19.1 Å². The molecule has 0 aliphatic carbocycles. The Morgan fingerprint density at radius 1 is 1.08 bits per heavy atom. The van der Waals surface area contributed by atoms with Crippen LogP contribution in [0, 0.1) is 0 Å². The summed E-state index contributed by atoms with van der Waals surface area (Å²) in [7, 11) is 3.16. The van der Waals surface area contributed by atoms with Gasteiger partial charge in [-0.2, -0.15) is 0 Å². The zero-order valence-electron chi connectivity index (χ0n) is 19.9. The van der Waals surface area contributed by atoms with Crippen molar-refractivity contribution in [1.82, 2.24) is 4.90 Å². The molecule has 1 aliphatic rings. The average molecular weight is 524 g/mol. The van der Waals surface area contributed by atoms with Gasteiger partial charge in [0, 0.05) is 18.0 Å². The van der Waals surface area contributed by atoms with Crippen LogP contribution in [-0.4, -0.2) is 47.9 Å². The van der Waals surface area contributed by atoms with Gasteiger partial charge in [-0.15, -0.1) is 0 Å². The summed E-state index contributed by atoms with van der Waals surface area (Å²) in [6.45, 7) is 0.429. The van der Waals surface area contributed by atoms with E-state index in [4.69, 9.17) is 26.1 Å². The first-order chi connectivity index (χ1) is 17.5. The molecule has 0 radical (unpaired) electrons. The summed E-state index contributed by atoms with van der Waals surface area (Å²) in [6.07, 6.45) is 0.686. The van der Waals surface area contributed by atoms with Gasteiger partial charge in [0.25, 0.3) is 0 Å². The zero-order chi connectivity index (χ0) is 25.5. The first kappa shape index (κ1) is 25.6. The molecule has 1 aliphatic heterocycles. The molecule has 3 aromatic rings. The van der Waals surface area contributed by atoms with Gasteiger partial charge in [0.2, 0.25) is 11.8 Å². The van der Waals surface area contributed by atoms with Crippen LogP contribution in [-0.2, 0) is 16.0 Å². The summed E-state index contributed by atoms with van der Waals surface area (Å²) in [5.41, 5.74) is 2.22. The molecule has 0 spiro atoms. The summed E-state index contributed by atoms with van der Waals surface area (Å²) >= 11 is 7.41. The Balaban J connectivity index is 1.55.